The van der Waals surface area contributed by atoms with E-state index in [0.29, 0.717) is 10.7 Å². The lowest BCUT2D eigenvalue weighted by molar-refractivity contribution is -0.114. The van der Waals surface area contributed by atoms with Crippen molar-refractivity contribution in [2.75, 3.05) is 5.01 Å². The molecule has 0 fully saturated rings. The molecule has 2 rings (SSSR count). The minimum absolute atomic E-state index is 0.300. The second-order valence-electron chi connectivity index (χ2n) is 3.93. The molecule has 0 spiro atoms. The fourth-order valence-electron chi connectivity index (χ4n) is 1.54. The van der Waals surface area contributed by atoms with Crippen LogP contribution in [0.25, 0.3) is 6.08 Å². The number of carbonyl (C=O) groups is 1. The van der Waals surface area contributed by atoms with Crippen LogP contribution in [0, 0.1) is 0 Å². The van der Waals surface area contributed by atoms with Gasteiger partial charge in [0, 0.05) is 11.1 Å². The van der Waals surface area contributed by atoms with Crippen molar-refractivity contribution in [2.45, 2.75) is 0 Å². The summed E-state index contributed by atoms with van der Waals surface area (Å²) < 4.78 is 0. The molecule has 3 nitrogen and oxygen atoms in total. The van der Waals surface area contributed by atoms with Crippen LogP contribution in [0.15, 0.2) is 60.7 Å². The van der Waals surface area contributed by atoms with Crippen molar-refractivity contribution < 1.29 is 4.79 Å². The van der Waals surface area contributed by atoms with E-state index in [1.165, 1.54) is 6.08 Å². The monoisotopic (exact) mass is 272 g/mol. The van der Waals surface area contributed by atoms with E-state index in [1.807, 2.05) is 30.3 Å². The largest absolute Gasteiger partial charge is 0.268 e. The molecule has 4 heteroatoms. The van der Waals surface area contributed by atoms with Crippen molar-refractivity contribution in [2.24, 2.45) is 5.84 Å². The topological polar surface area (TPSA) is 46.3 Å². The zero-order valence-corrected chi connectivity index (χ0v) is 10.9. The van der Waals surface area contributed by atoms with E-state index in [1.54, 1.807) is 30.3 Å². The number of hydrogen-bond acceptors (Lipinski definition) is 2. The van der Waals surface area contributed by atoms with Crippen LogP contribution in [0.5, 0.6) is 0 Å². The summed E-state index contributed by atoms with van der Waals surface area (Å²) in [6, 6.07) is 16.3. The van der Waals surface area contributed by atoms with Gasteiger partial charge in [-0.3, -0.25) is 4.79 Å². The van der Waals surface area contributed by atoms with Gasteiger partial charge in [-0.2, -0.15) is 0 Å². The van der Waals surface area contributed by atoms with Crippen LogP contribution < -0.4 is 10.9 Å². The van der Waals surface area contributed by atoms with Crippen LogP contribution in [0.2, 0.25) is 5.02 Å². The highest BCUT2D eigenvalue weighted by atomic mass is 35.5. The third-order valence-corrected chi connectivity index (χ3v) is 2.81. The Morgan fingerprint density at radius 1 is 1.05 bits per heavy atom. The first-order valence-electron chi connectivity index (χ1n) is 5.74. The summed E-state index contributed by atoms with van der Waals surface area (Å²) in [5.74, 6) is 5.44. The quantitative estimate of drug-likeness (QED) is 0.403. The summed E-state index contributed by atoms with van der Waals surface area (Å²) in [5.41, 5.74) is 1.53. The second-order valence-corrected chi connectivity index (χ2v) is 4.37. The standard InChI is InChI=1S/C15H13ClN2O/c16-13-7-9-14(10-8-13)18(17)15(19)11-6-12-4-2-1-3-5-12/h1-11H,17H2. The molecule has 0 unspecified atom stereocenters. The van der Waals surface area contributed by atoms with Crippen LogP contribution >= 0.6 is 11.6 Å². The predicted molar refractivity (Wildman–Crippen MR) is 78.6 cm³/mol. The minimum Gasteiger partial charge on any atom is -0.268 e. The molecule has 0 atom stereocenters. The summed E-state index contributed by atoms with van der Waals surface area (Å²) in [5, 5.41) is 1.68. The van der Waals surface area contributed by atoms with E-state index in [4.69, 9.17) is 17.4 Å². The Bertz CT molecular complexity index is 579. The summed E-state index contributed by atoms with van der Waals surface area (Å²) in [6.45, 7) is 0. The predicted octanol–water partition coefficient (Wildman–Crippen LogP) is 3.26. The van der Waals surface area contributed by atoms with Crippen LogP contribution in [-0.4, -0.2) is 5.91 Å². The van der Waals surface area contributed by atoms with E-state index >= 15 is 0 Å². The SMILES string of the molecule is NN(C(=O)C=Cc1ccccc1)c1ccc(Cl)cc1. The molecule has 0 saturated heterocycles. The maximum absolute atomic E-state index is 11.9. The molecule has 0 aromatic heterocycles. The van der Waals surface area contributed by atoms with Crippen molar-refractivity contribution >= 4 is 29.3 Å². The number of hydrazine groups is 1. The zero-order chi connectivity index (χ0) is 13.7. The van der Waals surface area contributed by atoms with Gasteiger partial charge in [0.15, 0.2) is 0 Å². The number of amides is 1. The third-order valence-electron chi connectivity index (χ3n) is 2.56. The first-order chi connectivity index (χ1) is 9.16. The number of nitrogens with zero attached hydrogens (tertiary/aromatic N) is 1. The molecule has 0 saturated carbocycles. The van der Waals surface area contributed by atoms with Crippen LogP contribution in [0.4, 0.5) is 5.69 Å². The Labute approximate surface area is 116 Å². The zero-order valence-electron chi connectivity index (χ0n) is 10.2. The van der Waals surface area contributed by atoms with Gasteiger partial charge in [0.2, 0.25) is 0 Å². The molecule has 19 heavy (non-hydrogen) atoms. The second kappa shape index (κ2) is 6.18. The van der Waals surface area contributed by atoms with Gasteiger partial charge in [0.05, 0.1) is 5.69 Å². The molecule has 0 heterocycles. The summed E-state index contributed by atoms with van der Waals surface area (Å²) in [7, 11) is 0. The van der Waals surface area contributed by atoms with Crippen molar-refractivity contribution in [1.82, 2.24) is 0 Å². The van der Waals surface area contributed by atoms with Crippen LogP contribution in [-0.2, 0) is 4.79 Å². The average Bonchev–Trinajstić information content (AvgIpc) is 2.46. The molecular formula is C15H13ClN2O. The van der Waals surface area contributed by atoms with E-state index in [-0.39, 0.29) is 5.91 Å². The summed E-state index contributed by atoms with van der Waals surface area (Å²) >= 11 is 5.78. The number of benzene rings is 2. The number of halogens is 1. The molecule has 2 aromatic carbocycles. The molecule has 96 valence electrons. The van der Waals surface area contributed by atoms with Gasteiger partial charge in [0.1, 0.15) is 0 Å². The number of nitrogens with two attached hydrogens (primary N) is 1. The van der Waals surface area contributed by atoms with Gasteiger partial charge in [-0.05, 0) is 35.9 Å². The van der Waals surface area contributed by atoms with Gasteiger partial charge in [0.25, 0.3) is 5.91 Å². The number of anilines is 1. The van der Waals surface area contributed by atoms with E-state index < -0.39 is 0 Å². The first-order valence-corrected chi connectivity index (χ1v) is 6.12. The maximum atomic E-state index is 11.9. The highest BCUT2D eigenvalue weighted by molar-refractivity contribution is 6.30. The fourth-order valence-corrected chi connectivity index (χ4v) is 1.67. The van der Waals surface area contributed by atoms with Gasteiger partial charge in [-0.25, -0.2) is 10.9 Å². The molecular weight excluding hydrogens is 260 g/mol. The lowest BCUT2D eigenvalue weighted by Crippen LogP contribution is -2.36. The van der Waals surface area contributed by atoms with Gasteiger partial charge in [-0.15, -0.1) is 0 Å². The van der Waals surface area contributed by atoms with Gasteiger partial charge < -0.3 is 0 Å². The molecule has 1 amide bonds. The average molecular weight is 273 g/mol. The smallest absolute Gasteiger partial charge is 0.265 e. The Kier molecular flexibility index (Phi) is 4.34. The number of carbonyl (C=O) groups excluding carboxylic acids is 1. The van der Waals surface area contributed by atoms with Crippen LogP contribution in [0.1, 0.15) is 5.56 Å². The fraction of sp³-hybridized carbons (Fsp3) is 0. The lowest BCUT2D eigenvalue weighted by Gasteiger charge is -2.14. The molecule has 2 N–H and O–H groups in total. The molecule has 0 aliphatic rings. The molecule has 0 aliphatic carbocycles. The van der Waals surface area contributed by atoms with Crippen LogP contribution in [0.3, 0.4) is 0 Å². The molecule has 2 aromatic rings. The normalized spacial score (nSPS) is 10.6. The van der Waals surface area contributed by atoms with Crippen molar-refractivity contribution in [3.05, 3.63) is 71.3 Å². The van der Waals surface area contributed by atoms with Gasteiger partial charge in [-0.1, -0.05) is 41.9 Å². The Morgan fingerprint density at radius 2 is 1.68 bits per heavy atom. The Morgan fingerprint density at radius 3 is 2.32 bits per heavy atom. The Balaban J connectivity index is 2.07. The highest BCUT2D eigenvalue weighted by Gasteiger charge is 2.07. The minimum atomic E-state index is -0.300. The first kappa shape index (κ1) is 13.3. The van der Waals surface area contributed by atoms with Crippen molar-refractivity contribution in [1.29, 1.82) is 0 Å². The summed E-state index contributed by atoms with van der Waals surface area (Å²) in [4.78, 5) is 11.9. The van der Waals surface area contributed by atoms with Gasteiger partial charge >= 0.3 is 0 Å². The lowest BCUT2D eigenvalue weighted by atomic mass is 10.2. The molecule has 0 aliphatic heterocycles. The summed E-state index contributed by atoms with van der Waals surface area (Å²) in [6.07, 6.45) is 3.15. The van der Waals surface area contributed by atoms with E-state index in [2.05, 4.69) is 0 Å². The van der Waals surface area contributed by atoms with Crippen molar-refractivity contribution in [3.8, 4) is 0 Å². The molecule has 0 radical (unpaired) electrons. The number of rotatable bonds is 3. The van der Waals surface area contributed by atoms with Crippen molar-refractivity contribution in [3.63, 3.8) is 0 Å². The Hall–Kier alpha value is -2.10. The third kappa shape index (κ3) is 3.68. The van der Waals surface area contributed by atoms with E-state index in [9.17, 15) is 4.79 Å². The van der Waals surface area contributed by atoms with E-state index in [0.717, 1.165) is 10.6 Å². The maximum Gasteiger partial charge on any atom is 0.265 e. The highest BCUT2D eigenvalue weighted by Crippen LogP contribution is 2.16. The number of hydrogen-bond donors (Lipinski definition) is 1. The molecule has 0 bridgehead atoms.